The van der Waals surface area contributed by atoms with Crippen LogP contribution in [0.1, 0.15) is 45.1 Å². The minimum absolute atomic E-state index is 0.00401. The maximum Gasteiger partial charge on any atom is 0.293 e. The lowest BCUT2D eigenvalue weighted by atomic mass is 10.1. The fraction of sp³-hybridized carbons (Fsp3) is 0.409. The number of carbonyl (C=O) groups is 3. The Morgan fingerprint density at radius 2 is 1.97 bits per heavy atom. The van der Waals surface area contributed by atoms with E-state index in [0.717, 1.165) is 41.1 Å². The zero-order chi connectivity index (χ0) is 20.5. The number of para-hydroxylation sites is 1. The van der Waals surface area contributed by atoms with Gasteiger partial charge < -0.3 is 9.88 Å². The van der Waals surface area contributed by atoms with Gasteiger partial charge in [0.15, 0.2) is 0 Å². The second kappa shape index (κ2) is 8.06. The van der Waals surface area contributed by atoms with E-state index in [1.807, 2.05) is 48.9 Å². The molecule has 4 rings (SSSR count). The lowest BCUT2D eigenvalue weighted by molar-refractivity contribution is -0.124. The Hall–Kier alpha value is -2.54. The summed E-state index contributed by atoms with van der Waals surface area (Å²) in [7, 11) is 0. The van der Waals surface area contributed by atoms with Gasteiger partial charge >= 0.3 is 0 Å². The zero-order valence-corrected chi connectivity index (χ0v) is 17.5. The van der Waals surface area contributed by atoms with E-state index >= 15 is 0 Å². The predicted octanol–water partition coefficient (Wildman–Crippen LogP) is 4.14. The van der Waals surface area contributed by atoms with Crippen molar-refractivity contribution in [3.63, 3.8) is 0 Å². The van der Waals surface area contributed by atoms with Crippen molar-refractivity contribution in [1.82, 2.24) is 14.8 Å². The maximum absolute atomic E-state index is 12.6. The largest absolute Gasteiger partial charge is 0.352 e. The number of carbonyl (C=O) groups excluding carboxylic acids is 3. The Morgan fingerprint density at radius 3 is 2.66 bits per heavy atom. The molecule has 0 unspecified atom stereocenters. The van der Waals surface area contributed by atoms with E-state index in [2.05, 4.69) is 5.32 Å². The van der Waals surface area contributed by atoms with Crippen molar-refractivity contribution in [2.24, 2.45) is 0 Å². The summed E-state index contributed by atoms with van der Waals surface area (Å²) in [6.07, 6.45) is 8.10. The van der Waals surface area contributed by atoms with E-state index in [-0.39, 0.29) is 35.7 Å². The van der Waals surface area contributed by atoms with Gasteiger partial charge in [0.2, 0.25) is 5.91 Å². The van der Waals surface area contributed by atoms with Gasteiger partial charge in [0, 0.05) is 34.7 Å². The molecule has 0 bridgehead atoms. The first-order valence-electron chi connectivity index (χ1n) is 10.1. The smallest absolute Gasteiger partial charge is 0.293 e. The molecular formula is C22H25N3O3S. The van der Waals surface area contributed by atoms with Gasteiger partial charge in [-0.25, -0.2) is 0 Å². The van der Waals surface area contributed by atoms with Crippen LogP contribution in [-0.4, -0.2) is 38.6 Å². The van der Waals surface area contributed by atoms with Gasteiger partial charge in [-0.2, -0.15) is 0 Å². The molecule has 0 radical (unpaired) electrons. The van der Waals surface area contributed by atoms with Gasteiger partial charge in [0.25, 0.3) is 11.1 Å². The summed E-state index contributed by atoms with van der Waals surface area (Å²) in [6, 6.07) is 7.92. The summed E-state index contributed by atoms with van der Waals surface area (Å²) < 4.78 is 1.91. The summed E-state index contributed by atoms with van der Waals surface area (Å²) in [5, 5.41) is 3.84. The van der Waals surface area contributed by atoms with E-state index in [9.17, 15) is 14.4 Å². The van der Waals surface area contributed by atoms with Gasteiger partial charge in [0.05, 0.1) is 4.91 Å². The minimum Gasteiger partial charge on any atom is -0.352 e. The molecule has 29 heavy (non-hydrogen) atoms. The Labute approximate surface area is 174 Å². The fourth-order valence-corrected chi connectivity index (χ4v) is 5.04. The van der Waals surface area contributed by atoms with Crippen LogP contribution in [0.3, 0.4) is 0 Å². The Bertz CT molecular complexity index is 1000. The van der Waals surface area contributed by atoms with Crippen LogP contribution in [0.4, 0.5) is 4.79 Å². The molecule has 7 heteroatoms. The molecule has 2 aromatic rings. The van der Waals surface area contributed by atoms with Gasteiger partial charge in [-0.3, -0.25) is 19.3 Å². The van der Waals surface area contributed by atoms with Crippen LogP contribution in [0.2, 0.25) is 0 Å². The molecule has 0 spiro atoms. The lowest BCUT2D eigenvalue weighted by Gasteiger charge is -2.16. The Kier molecular flexibility index (Phi) is 5.50. The molecule has 3 amide bonds. The van der Waals surface area contributed by atoms with E-state index in [1.165, 1.54) is 17.7 Å². The van der Waals surface area contributed by atoms with Crippen LogP contribution < -0.4 is 5.32 Å². The second-order valence-electron chi connectivity index (χ2n) is 7.92. The van der Waals surface area contributed by atoms with Crippen molar-refractivity contribution < 1.29 is 14.4 Å². The number of hydrogen-bond donors (Lipinski definition) is 1. The molecule has 2 heterocycles. The average molecular weight is 412 g/mol. The molecule has 1 aromatic carbocycles. The number of aromatic nitrogens is 1. The van der Waals surface area contributed by atoms with Crippen LogP contribution in [0.25, 0.3) is 17.0 Å². The van der Waals surface area contributed by atoms with E-state index in [1.54, 1.807) is 6.08 Å². The highest BCUT2D eigenvalue weighted by Gasteiger charge is 2.36. The Balaban J connectivity index is 1.62. The van der Waals surface area contributed by atoms with Crippen LogP contribution in [-0.2, 0) is 16.1 Å². The Morgan fingerprint density at radius 1 is 1.24 bits per heavy atom. The quantitative estimate of drug-likeness (QED) is 0.751. The summed E-state index contributed by atoms with van der Waals surface area (Å²) in [5.41, 5.74) is 1.77. The first kappa shape index (κ1) is 19.8. The van der Waals surface area contributed by atoms with Crippen molar-refractivity contribution in [3.05, 3.63) is 40.9 Å². The SMILES string of the molecule is CC(C)N1C(=O)S/C(=C\c2cn(CC(=O)NC3CCCC3)c3ccccc23)C1=O. The topological polar surface area (TPSA) is 71.4 Å². The summed E-state index contributed by atoms with van der Waals surface area (Å²) >= 11 is 0.968. The second-order valence-corrected chi connectivity index (χ2v) is 8.92. The van der Waals surface area contributed by atoms with Crippen LogP contribution >= 0.6 is 11.8 Å². The highest BCUT2D eigenvalue weighted by Crippen LogP contribution is 2.35. The van der Waals surface area contributed by atoms with Gasteiger partial charge in [-0.15, -0.1) is 0 Å². The number of rotatable bonds is 5. The molecule has 1 N–H and O–H groups in total. The van der Waals surface area contributed by atoms with Gasteiger partial charge in [-0.1, -0.05) is 31.0 Å². The summed E-state index contributed by atoms with van der Waals surface area (Å²) in [6.45, 7) is 3.89. The number of imide groups is 1. The number of benzene rings is 1. The predicted molar refractivity (Wildman–Crippen MR) is 115 cm³/mol. The number of nitrogens with zero attached hydrogens (tertiary/aromatic N) is 2. The maximum atomic E-state index is 12.6. The molecule has 6 nitrogen and oxygen atoms in total. The number of hydrogen-bond acceptors (Lipinski definition) is 4. The molecule has 1 saturated carbocycles. The normalized spacial score (nSPS) is 19.3. The number of fused-ring (bicyclic) bond motifs is 1. The highest BCUT2D eigenvalue weighted by atomic mass is 32.2. The monoisotopic (exact) mass is 411 g/mol. The molecule has 2 aliphatic rings. The average Bonchev–Trinajstić information content (AvgIpc) is 3.36. The van der Waals surface area contributed by atoms with Crippen molar-refractivity contribution in [3.8, 4) is 0 Å². The molecule has 1 aliphatic carbocycles. The molecular weight excluding hydrogens is 386 g/mol. The van der Waals surface area contributed by atoms with E-state index in [4.69, 9.17) is 0 Å². The third-order valence-electron chi connectivity index (χ3n) is 5.48. The van der Waals surface area contributed by atoms with Crippen molar-refractivity contribution in [2.45, 2.75) is 58.2 Å². The molecule has 152 valence electrons. The minimum atomic E-state index is -0.259. The third-order valence-corrected chi connectivity index (χ3v) is 6.36. The lowest BCUT2D eigenvalue weighted by Crippen LogP contribution is -2.35. The standard InChI is InChI=1S/C22H25N3O3S/c1-14(2)25-21(27)19(29-22(25)28)11-15-12-24(18-10-6-5-9-17(15)18)13-20(26)23-16-7-3-4-8-16/h5-6,9-12,14,16H,3-4,7-8,13H2,1-2H3,(H,23,26)/b19-11-. The first-order chi connectivity index (χ1) is 13.9. The summed E-state index contributed by atoms with van der Waals surface area (Å²) in [5.74, 6) is -0.254. The molecule has 2 fully saturated rings. The van der Waals surface area contributed by atoms with Gasteiger partial charge in [0.1, 0.15) is 6.54 Å². The zero-order valence-electron chi connectivity index (χ0n) is 16.7. The fourth-order valence-electron chi connectivity index (χ4n) is 4.09. The molecule has 1 saturated heterocycles. The number of amides is 3. The highest BCUT2D eigenvalue weighted by molar-refractivity contribution is 8.18. The number of thioether (sulfide) groups is 1. The van der Waals surface area contributed by atoms with Crippen molar-refractivity contribution in [1.29, 1.82) is 0 Å². The first-order valence-corrected chi connectivity index (χ1v) is 10.9. The van der Waals surface area contributed by atoms with E-state index < -0.39 is 0 Å². The van der Waals surface area contributed by atoms with Crippen molar-refractivity contribution >= 4 is 45.8 Å². The van der Waals surface area contributed by atoms with Crippen molar-refractivity contribution in [2.75, 3.05) is 0 Å². The molecule has 0 atom stereocenters. The van der Waals surface area contributed by atoms with Crippen LogP contribution in [0.15, 0.2) is 35.4 Å². The number of nitrogens with one attached hydrogen (secondary N) is 1. The third kappa shape index (κ3) is 3.96. The van der Waals surface area contributed by atoms with Crippen LogP contribution in [0, 0.1) is 0 Å². The van der Waals surface area contributed by atoms with Gasteiger partial charge in [-0.05, 0) is 50.6 Å². The molecule has 1 aliphatic heterocycles. The molecule has 1 aromatic heterocycles. The van der Waals surface area contributed by atoms with Crippen LogP contribution in [0.5, 0.6) is 0 Å². The summed E-state index contributed by atoms with van der Waals surface area (Å²) in [4.78, 5) is 39.0. The van der Waals surface area contributed by atoms with E-state index in [0.29, 0.717) is 4.91 Å².